The van der Waals surface area contributed by atoms with E-state index in [1.54, 1.807) is 6.92 Å². The molecule has 1 heterocycles. The molecule has 0 spiro atoms. The van der Waals surface area contributed by atoms with Crippen LogP contribution in [0.3, 0.4) is 0 Å². The standard InChI is InChI=1S/C10H15FN4/c1-6-9(11)10(15-5-14-6)13-4-7-2-8(12)3-7/h5,7-8H,2-4,12H2,1H3,(H,13,14,15). The van der Waals surface area contributed by atoms with Gasteiger partial charge in [-0.3, -0.25) is 0 Å². The van der Waals surface area contributed by atoms with Crippen LogP contribution in [0.2, 0.25) is 0 Å². The van der Waals surface area contributed by atoms with E-state index in [0.717, 1.165) is 19.4 Å². The van der Waals surface area contributed by atoms with Crippen LogP contribution >= 0.6 is 0 Å². The number of nitrogens with zero attached hydrogens (tertiary/aromatic N) is 2. The molecular formula is C10H15FN4. The Bertz CT molecular complexity index is 349. The first-order valence-electron chi connectivity index (χ1n) is 5.13. The maximum atomic E-state index is 13.4. The molecule has 1 fully saturated rings. The average Bonchev–Trinajstić information content (AvgIpc) is 2.17. The third-order valence-corrected chi connectivity index (χ3v) is 2.79. The molecule has 2 rings (SSSR count). The molecule has 0 saturated heterocycles. The van der Waals surface area contributed by atoms with Crippen molar-refractivity contribution in [2.75, 3.05) is 11.9 Å². The highest BCUT2D eigenvalue weighted by molar-refractivity contribution is 5.36. The molecule has 0 radical (unpaired) electrons. The molecule has 0 bridgehead atoms. The summed E-state index contributed by atoms with van der Waals surface area (Å²) < 4.78 is 13.4. The van der Waals surface area contributed by atoms with Crippen molar-refractivity contribution in [3.8, 4) is 0 Å². The highest BCUT2D eigenvalue weighted by Gasteiger charge is 2.25. The van der Waals surface area contributed by atoms with Gasteiger partial charge in [0.25, 0.3) is 0 Å². The minimum Gasteiger partial charge on any atom is -0.367 e. The molecule has 82 valence electrons. The predicted octanol–water partition coefficient (Wildman–Crippen LogP) is 1.07. The Kier molecular flexibility index (Phi) is 2.81. The van der Waals surface area contributed by atoms with Gasteiger partial charge in [0, 0.05) is 12.6 Å². The molecule has 4 nitrogen and oxygen atoms in total. The predicted molar refractivity (Wildman–Crippen MR) is 55.9 cm³/mol. The number of nitrogens with two attached hydrogens (primary N) is 1. The lowest BCUT2D eigenvalue weighted by molar-refractivity contribution is 0.279. The molecule has 0 atom stereocenters. The second kappa shape index (κ2) is 4.10. The van der Waals surface area contributed by atoms with E-state index >= 15 is 0 Å². The third-order valence-electron chi connectivity index (χ3n) is 2.79. The summed E-state index contributed by atoms with van der Waals surface area (Å²) in [5, 5.41) is 2.99. The van der Waals surface area contributed by atoms with Gasteiger partial charge in [-0.15, -0.1) is 0 Å². The van der Waals surface area contributed by atoms with Crippen molar-refractivity contribution in [1.82, 2.24) is 9.97 Å². The molecule has 0 unspecified atom stereocenters. The lowest BCUT2D eigenvalue weighted by Gasteiger charge is -2.32. The van der Waals surface area contributed by atoms with Crippen LogP contribution in [0, 0.1) is 18.7 Å². The molecule has 3 N–H and O–H groups in total. The van der Waals surface area contributed by atoms with E-state index in [-0.39, 0.29) is 5.82 Å². The monoisotopic (exact) mass is 210 g/mol. The van der Waals surface area contributed by atoms with Gasteiger partial charge in [-0.2, -0.15) is 0 Å². The van der Waals surface area contributed by atoms with Gasteiger partial charge in [0.2, 0.25) is 0 Å². The molecule has 15 heavy (non-hydrogen) atoms. The second-order valence-corrected chi connectivity index (χ2v) is 4.10. The summed E-state index contributed by atoms with van der Waals surface area (Å²) in [6.45, 7) is 2.36. The quantitative estimate of drug-likeness (QED) is 0.783. The van der Waals surface area contributed by atoms with Crippen molar-refractivity contribution in [3.05, 3.63) is 17.8 Å². The van der Waals surface area contributed by atoms with Gasteiger partial charge >= 0.3 is 0 Å². The lowest BCUT2D eigenvalue weighted by atomic mass is 9.81. The zero-order valence-electron chi connectivity index (χ0n) is 8.70. The zero-order chi connectivity index (χ0) is 10.8. The normalized spacial score (nSPS) is 24.7. The van der Waals surface area contributed by atoms with Gasteiger partial charge in [-0.05, 0) is 25.7 Å². The first-order valence-corrected chi connectivity index (χ1v) is 5.13. The van der Waals surface area contributed by atoms with Crippen LogP contribution in [0.25, 0.3) is 0 Å². The van der Waals surface area contributed by atoms with Crippen molar-refractivity contribution in [2.24, 2.45) is 11.7 Å². The molecule has 1 aromatic heterocycles. The summed E-state index contributed by atoms with van der Waals surface area (Å²) in [5.74, 6) is 0.485. The fraction of sp³-hybridized carbons (Fsp3) is 0.600. The number of halogens is 1. The van der Waals surface area contributed by atoms with Crippen LogP contribution in [-0.2, 0) is 0 Å². The highest BCUT2D eigenvalue weighted by Crippen LogP contribution is 2.25. The number of nitrogens with one attached hydrogen (secondary N) is 1. The summed E-state index contributed by atoms with van der Waals surface area (Å²) in [7, 11) is 0. The lowest BCUT2D eigenvalue weighted by Crippen LogP contribution is -2.39. The summed E-state index contributed by atoms with van der Waals surface area (Å²) in [6.07, 6.45) is 3.39. The van der Waals surface area contributed by atoms with Gasteiger partial charge in [-0.25, -0.2) is 14.4 Å². The first-order chi connectivity index (χ1) is 7.16. The minimum absolute atomic E-state index is 0.294. The molecule has 0 amide bonds. The van der Waals surface area contributed by atoms with E-state index in [1.807, 2.05) is 0 Å². The molecular weight excluding hydrogens is 195 g/mol. The van der Waals surface area contributed by atoms with Gasteiger partial charge < -0.3 is 11.1 Å². The maximum Gasteiger partial charge on any atom is 0.186 e. The fourth-order valence-electron chi connectivity index (χ4n) is 1.78. The minimum atomic E-state index is -0.360. The number of aryl methyl sites for hydroxylation is 1. The molecule has 1 aliphatic carbocycles. The van der Waals surface area contributed by atoms with Crippen molar-refractivity contribution >= 4 is 5.82 Å². The van der Waals surface area contributed by atoms with Gasteiger partial charge in [0.15, 0.2) is 11.6 Å². The second-order valence-electron chi connectivity index (χ2n) is 4.10. The molecule has 1 saturated carbocycles. The van der Waals surface area contributed by atoms with Crippen LogP contribution in [-0.4, -0.2) is 22.6 Å². The molecule has 0 aliphatic heterocycles. The van der Waals surface area contributed by atoms with Crippen LogP contribution < -0.4 is 11.1 Å². The Morgan fingerprint density at radius 2 is 2.27 bits per heavy atom. The van der Waals surface area contributed by atoms with Crippen LogP contribution in [0.15, 0.2) is 6.33 Å². The Morgan fingerprint density at radius 3 is 2.93 bits per heavy atom. The number of hydrogen-bond acceptors (Lipinski definition) is 4. The van der Waals surface area contributed by atoms with Gasteiger partial charge in [0.1, 0.15) is 6.33 Å². The number of anilines is 1. The Morgan fingerprint density at radius 1 is 1.53 bits per heavy atom. The van der Waals surface area contributed by atoms with Crippen molar-refractivity contribution < 1.29 is 4.39 Å². The number of aromatic nitrogens is 2. The summed E-state index contributed by atoms with van der Waals surface area (Å²) >= 11 is 0. The van der Waals surface area contributed by atoms with E-state index in [9.17, 15) is 4.39 Å². The SMILES string of the molecule is Cc1ncnc(NCC2CC(N)C2)c1F. The first kappa shape index (κ1) is 10.3. The third kappa shape index (κ3) is 2.23. The van der Waals surface area contributed by atoms with Crippen molar-refractivity contribution in [2.45, 2.75) is 25.8 Å². The summed E-state index contributed by atoms with van der Waals surface area (Å²) in [6, 6.07) is 0.328. The zero-order valence-corrected chi connectivity index (χ0v) is 8.70. The summed E-state index contributed by atoms with van der Waals surface area (Å²) in [5.41, 5.74) is 6.04. The van der Waals surface area contributed by atoms with Gasteiger partial charge in [-0.1, -0.05) is 0 Å². The van der Waals surface area contributed by atoms with Crippen LogP contribution in [0.4, 0.5) is 10.2 Å². The topological polar surface area (TPSA) is 63.8 Å². The largest absolute Gasteiger partial charge is 0.367 e. The molecule has 1 aromatic rings. The highest BCUT2D eigenvalue weighted by atomic mass is 19.1. The van der Waals surface area contributed by atoms with E-state index in [1.165, 1.54) is 6.33 Å². The summed E-state index contributed by atoms with van der Waals surface area (Å²) in [4.78, 5) is 7.63. The smallest absolute Gasteiger partial charge is 0.186 e. The Balaban J connectivity index is 1.91. The van der Waals surface area contributed by atoms with Gasteiger partial charge in [0.05, 0.1) is 5.69 Å². The number of rotatable bonds is 3. The van der Waals surface area contributed by atoms with E-state index < -0.39 is 0 Å². The van der Waals surface area contributed by atoms with E-state index in [2.05, 4.69) is 15.3 Å². The molecule has 1 aliphatic rings. The van der Waals surface area contributed by atoms with Crippen molar-refractivity contribution in [1.29, 1.82) is 0 Å². The maximum absolute atomic E-state index is 13.4. The average molecular weight is 210 g/mol. The fourth-order valence-corrected chi connectivity index (χ4v) is 1.78. The Labute approximate surface area is 88.1 Å². The Hall–Kier alpha value is -1.23. The van der Waals surface area contributed by atoms with Crippen molar-refractivity contribution in [3.63, 3.8) is 0 Å². The van der Waals surface area contributed by atoms with E-state index in [4.69, 9.17) is 5.73 Å². The number of hydrogen-bond donors (Lipinski definition) is 2. The molecule has 0 aromatic carbocycles. The van der Waals surface area contributed by atoms with Crippen LogP contribution in [0.1, 0.15) is 18.5 Å². The van der Waals surface area contributed by atoms with Crippen LogP contribution in [0.5, 0.6) is 0 Å². The van der Waals surface area contributed by atoms with E-state index in [0.29, 0.717) is 23.5 Å². The molecule has 5 heteroatoms.